The van der Waals surface area contributed by atoms with Gasteiger partial charge in [0.2, 0.25) is 0 Å². The minimum atomic E-state index is 0.831. The quantitative estimate of drug-likeness (QED) is 0.672. The average Bonchev–Trinajstić information content (AvgIpc) is 3.05. The molecular weight excluding hydrogens is 230 g/mol. The molecule has 3 aromatic heterocycles. The molecular formula is C11H13N7. The maximum absolute atomic E-state index is 4.31. The lowest BCUT2D eigenvalue weighted by Crippen LogP contribution is -2.09. The maximum Gasteiger partial charge on any atom is 0.152 e. The summed E-state index contributed by atoms with van der Waals surface area (Å²) in [6.07, 6.45) is 9.82. The van der Waals surface area contributed by atoms with E-state index in [0.717, 1.165) is 30.8 Å². The first kappa shape index (κ1) is 10.7. The van der Waals surface area contributed by atoms with Crippen LogP contribution in [0.3, 0.4) is 0 Å². The van der Waals surface area contributed by atoms with Crippen molar-refractivity contribution in [3.63, 3.8) is 0 Å². The second kappa shape index (κ2) is 4.82. The van der Waals surface area contributed by atoms with Crippen molar-refractivity contribution in [1.82, 2.24) is 29.6 Å². The molecule has 1 N–H and O–H groups in total. The summed E-state index contributed by atoms with van der Waals surface area (Å²) in [5.41, 5.74) is 0.984. The third-order valence-electron chi connectivity index (χ3n) is 2.65. The molecule has 0 spiro atoms. The third-order valence-corrected chi connectivity index (χ3v) is 2.65. The van der Waals surface area contributed by atoms with Gasteiger partial charge in [0.15, 0.2) is 5.82 Å². The predicted molar refractivity (Wildman–Crippen MR) is 66.1 cm³/mol. The smallest absolute Gasteiger partial charge is 0.152 e. The molecule has 0 amide bonds. The van der Waals surface area contributed by atoms with Gasteiger partial charge in [0.1, 0.15) is 5.52 Å². The third kappa shape index (κ3) is 2.15. The second-order valence-corrected chi connectivity index (χ2v) is 3.88. The molecule has 3 rings (SSSR count). The Morgan fingerprint density at radius 1 is 1.17 bits per heavy atom. The highest BCUT2D eigenvalue weighted by Crippen LogP contribution is 2.11. The minimum Gasteiger partial charge on any atom is -0.368 e. The number of hydrogen-bond donors (Lipinski definition) is 1. The van der Waals surface area contributed by atoms with Gasteiger partial charge in [-0.3, -0.25) is 4.68 Å². The van der Waals surface area contributed by atoms with Crippen molar-refractivity contribution in [2.45, 2.75) is 13.0 Å². The molecule has 0 saturated carbocycles. The second-order valence-electron chi connectivity index (χ2n) is 3.88. The summed E-state index contributed by atoms with van der Waals surface area (Å²) in [5, 5.41) is 15.1. The van der Waals surface area contributed by atoms with Crippen LogP contribution in [0, 0.1) is 0 Å². The molecule has 0 saturated heterocycles. The summed E-state index contributed by atoms with van der Waals surface area (Å²) in [5.74, 6) is 0.855. The van der Waals surface area contributed by atoms with E-state index in [1.54, 1.807) is 23.1 Å². The Hall–Kier alpha value is -2.44. The van der Waals surface area contributed by atoms with E-state index in [1.165, 1.54) is 0 Å². The molecule has 0 fully saturated rings. The first-order chi connectivity index (χ1) is 8.93. The van der Waals surface area contributed by atoms with Crippen LogP contribution in [-0.2, 0) is 6.54 Å². The number of nitrogens with zero attached hydrogens (tertiary/aromatic N) is 6. The number of nitrogens with one attached hydrogen (secondary N) is 1. The molecule has 92 valence electrons. The van der Waals surface area contributed by atoms with Crippen molar-refractivity contribution >= 4 is 11.3 Å². The molecule has 0 unspecified atom stereocenters. The van der Waals surface area contributed by atoms with Gasteiger partial charge >= 0.3 is 0 Å². The molecule has 0 bridgehead atoms. The van der Waals surface area contributed by atoms with Crippen molar-refractivity contribution in [2.24, 2.45) is 0 Å². The molecule has 7 nitrogen and oxygen atoms in total. The van der Waals surface area contributed by atoms with Crippen molar-refractivity contribution in [2.75, 3.05) is 11.9 Å². The zero-order valence-corrected chi connectivity index (χ0v) is 9.77. The van der Waals surface area contributed by atoms with E-state index in [9.17, 15) is 0 Å². The molecule has 18 heavy (non-hydrogen) atoms. The summed E-state index contributed by atoms with van der Waals surface area (Å²) in [4.78, 5) is 4.31. The van der Waals surface area contributed by atoms with Crippen molar-refractivity contribution in [1.29, 1.82) is 0 Å². The molecule has 0 aromatic carbocycles. The molecule has 0 aliphatic heterocycles. The molecule has 0 aliphatic rings. The van der Waals surface area contributed by atoms with E-state index in [4.69, 9.17) is 0 Å². The largest absolute Gasteiger partial charge is 0.368 e. The van der Waals surface area contributed by atoms with Crippen molar-refractivity contribution in [3.8, 4) is 0 Å². The van der Waals surface area contributed by atoms with E-state index in [0.29, 0.717) is 0 Å². The Balaban J connectivity index is 1.58. The summed E-state index contributed by atoms with van der Waals surface area (Å²) >= 11 is 0. The summed E-state index contributed by atoms with van der Waals surface area (Å²) in [6.45, 7) is 1.67. The number of hydrogen-bond acceptors (Lipinski definition) is 5. The Morgan fingerprint density at radius 2 is 2.17 bits per heavy atom. The Kier molecular flexibility index (Phi) is 2.87. The van der Waals surface area contributed by atoms with Crippen LogP contribution in [0.4, 0.5) is 5.82 Å². The van der Waals surface area contributed by atoms with Crippen molar-refractivity contribution in [3.05, 3.63) is 37.1 Å². The van der Waals surface area contributed by atoms with Gasteiger partial charge < -0.3 is 5.32 Å². The standard InChI is InChI=1S/C11H13N7/c1(7-17-8-6-14-16-17)3-12-11-10-2-4-15-18(10)9-5-13-11/h2,4-6,8-9H,1,3,7H2,(H,12,13). The number of aryl methyl sites for hydroxylation is 1. The molecule has 3 aromatic rings. The van der Waals surface area contributed by atoms with Crippen LogP contribution in [0.25, 0.3) is 5.52 Å². The van der Waals surface area contributed by atoms with Crippen LogP contribution in [0.15, 0.2) is 37.1 Å². The highest BCUT2D eigenvalue weighted by molar-refractivity contribution is 5.66. The van der Waals surface area contributed by atoms with Gasteiger partial charge in [-0.05, 0) is 12.5 Å². The summed E-state index contributed by atoms with van der Waals surface area (Å²) < 4.78 is 3.61. The normalized spacial score (nSPS) is 10.9. The Bertz CT molecular complexity index is 613. The van der Waals surface area contributed by atoms with E-state index in [1.807, 2.05) is 23.1 Å². The highest BCUT2D eigenvalue weighted by atomic mass is 15.4. The lowest BCUT2D eigenvalue weighted by molar-refractivity contribution is 0.569. The Morgan fingerprint density at radius 3 is 3.06 bits per heavy atom. The zero-order valence-electron chi connectivity index (χ0n) is 9.77. The van der Waals surface area contributed by atoms with Gasteiger partial charge in [-0.2, -0.15) is 5.10 Å². The van der Waals surface area contributed by atoms with Gasteiger partial charge in [-0.15, -0.1) is 5.10 Å². The number of aromatic nitrogens is 6. The Labute approximate surface area is 103 Å². The fraction of sp³-hybridized carbons (Fsp3) is 0.273. The molecule has 0 atom stereocenters. The lowest BCUT2D eigenvalue weighted by Gasteiger charge is -2.06. The van der Waals surface area contributed by atoms with Gasteiger partial charge in [0.25, 0.3) is 0 Å². The van der Waals surface area contributed by atoms with Gasteiger partial charge in [-0.1, -0.05) is 5.21 Å². The van der Waals surface area contributed by atoms with E-state index >= 15 is 0 Å². The topological polar surface area (TPSA) is 72.9 Å². The van der Waals surface area contributed by atoms with E-state index in [2.05, 4.69) is 25.7 Å². The summed E-state index contributed by atoms with van der Waals surface area (Å²) in [6, 6.07) is 1.94. The van der Waals surface area contributed by atoms with E-state index in [-0.39, 0.29) is 0 Å². The zero-order chi connectivity index (χ0) is 12.2. The molecule has 3 heterocycles. The molecule has 0 aliphatic carbocycles. The molecule has 7 heteroatoms. The first-order valence-corrected chi connectivity index (χ1v) is 5.80. The fourth-order valence-electron chi connectivity index (χ4n) is 1.79. The van der Waals surface area contributed by atoms with Gasteiger partial charge in [0.05, 0.1) is 12.4 Å². The van der Waals surface area contributed by atoms with Crippen LogP contribution < -0.4 is 5.32 Å². The average molecular weight is 243 g/mol. The number of anilines is 1. The van der Waals surface area contributed by atoms with Crippen molar-refractivity contribution < 1.29 is 0 Å². The van der Waals surface area contributed by atoms with Crippen LogP contribution in [0.2, 0.25) is 0 Å². The lowest BCUT2D eigenvalue weighted by atomic mass is 10.4. The number of rotatable bonds is 5. The molecule has 0 radical (unpaired) electrons. The SMILES string of the molecule is c1cn(CCCNc2nccn3nccc23)nn1. The van der Waals surface area contributed by atoms with Gasteiger partial charge in [-0.25, -0.2) is 9.50 Å². The maximum atomic E-state index is 4.31. The van der Waals surface area contributed by atoms with E-state index < -0.39 is 0 Å². The van der Waals surface area contributed by atoms with Crippen LogP contribution in [0.5, 0.6) is 0 Å². The fourth-order valence-corrected chi connectivity index (χ4v) is 1.79. The number of fused-ring (bicyclic) bond motifs is 1. The van der Waals surface area contributed by atoms with Crippen LogP contribution in [0.1, 0.15) is 6.42 Å². The van der Waals surface area contributed by atoms with Crippen LogP contribution in [-0.4, -0.2) is 36.1 Å². The summed E-state index contributed by atoms with van der Waals surface area (Å²) in [7, 11) is 0. The highest BCUT2D eigenvalue weighted by Gasteiger charge is 2.01. The van der Waals surface area contributed by atoms with Crippen LogP contribution >= 0.6 is 0 Å². The van der Waals surface area contributed by atoms with Gasteiger partial charge in [0, 0.05) is 31.7 Å². The minimum absolute atomic E-state index is 0.831. The predicted octanol–water partition coefficient (Wildman–Crippen LogP) is 0.823. The first-order valence-electron chi connectivity index (χ1n) is 5.80. The monoisotopic (exact) mass is 243 g/mol.